The Morgan fingerprint density at radius 1 is 1.40 bits per heavy atom. The van der Waals surface area contributed by atoms with Gasteiger partial charge in [0.2, 0.25) is 0 Å². The summed E-state index contributed by atoms with van der Waals surface area (Å²) in [4.78, 5) is 14.9. The zero-order valence-electron chi connectivity index (χ0n) is 8.49. The zero-order chi connectivity index (χ0) is 11.4. The fourth-order valence-corrected chi connectivity index (χ4v) is 0.998. The second-order valence-electron chi connectivity index (χ2n) is 3.07. The van der Waals surface area contributed by atoms with E-state index in [0.717, 1.165) is 0 Å². The summed E-state index contributed by atoms with van der Waals surface area (Å²) in [5.41, 5.74) is 16.7. The number of rotatable bonds is 3. The third kappa shape index (κ3) is 2.73. The number of nitrogens with zero attached hydrogens (tertiary/aromatic N) is 1. The normalized spacial score (nSPS) is 9.93. The molecule has 82 valence electrons. The van der Waals surface area contributed by atoms with Gasteiger partial charge in [-0.1, -0.05) is 6.92 Å². The maximum atomic E-state index is 11.2. The largest absolute Gasteiger partial charge is 0.422 e. The number of anilines is 3. The molecule has 1 aromatic rings. The molecular weight excluding hydrogens is 196 g/mol. The summed E-state index contributed by atoms with van der Waals surface area (Å²) in [7, 11) is 0. The predicted molar refractivity (Wildman–Crippen MR) is 58.0 cm³/mol. The van der Waals surface area contributed by atoms with Crippen LogP contribution < -0.4 is 21.9 Å². The van der Waals surface area contributed by atoms with Crippen LogP contribution in [0.15, 0.2) is 6.07 Å². The number of hydrogen-bond donors (Lipinski definition) is 3. The molecule has 0 amide bonds. The van der Waals surface area contributed by atoms with E-state index in [9.17, 15) is 4.79 Å². The first-order valence-corrected chi connectivity index (χ1v) is 4.56. The standard InChI is InChI=1S/C9H14N4O2/c1-2-3-7(14)15-6-4-5(10)8(11)13-9(6)12/h4H,2-3,10H2,1H3,(H4,11,12,13). The summed E-state index contributed by atoms with van der Waals surface area (Å²) in [6.07, 6.45) is 1.03. The Morgan fingerprint density at radius 2 is 2.07 bits per heavy atom. The van der Waals surface area contributed by atoms with Crippen LogP contribution in [0, 0.1) is 0 Å². The minimum Gasteiger partial charge on any atom is -0.422 e. The molecule has 0 unspecified atom stereocenters. The maximum absolute atomic E-state index is 11.2. The molecule has 0 saturated carbocycles. The number of hydrogen-bond acceptors (Lipinski definition) is 6. The van der Waals surface area contributed by atoms with E-state index in [1.807, 2.05) is 6.92 Å². The number of carbonyl (C=O) groups excluding carboxylic acids is 1. The second kappa shape index (κ2) is 4.50. The lowest BCUT2D eigenvalue weighted by molar-refractivity contribution is -0.134. The molecule has 1 aromatic heterocycles. The highest BCUT2D eigenvalue weighted by Gasteiger charge is 2.10. The molecule has 0 spiro atoms. The quantitative estimate of drug-likeness (QED) is 0.626. The van der Waals surface area contributed by atoms with Crippen LogP contribution in [0.2, 0.25) is 0 Å². The first-order valence-electron chi connectivity index (χ1n) is 4.56. The minimum absolute atomic E-state index is 0.0613. The van der Waals surface area contributed by atoms with E-state index in [-0.39, 0.29) is 29.0 Å². The van der Waals surface area contributed by atoms with Gasteiger partial charge in [-0.2, -0.15) is 0 Å². The van der Waals surface area contributed by atoms with Gasteiger partial charge in [-0.15, -0.1) is 0 Å². The van der Waals surface area contributed by atoms with Crippen LogP contribution in [0.25, 0.3) is 0 Å². The molecule has 0 saturated heterocycles. The number of carbonyl (C=O) groups is 1. The maximum Gasteiger partial charge on any atom is 0.311 e. The van der Waals surface area contributed by atoms with Gasteiger partial charge in [0.05, 0.1) is 5.69 Å². The fraction of sp³-hybridized carbons (Fsp3) is 0.333. The molecule has 15 heavy (non-hydrogen) atoms. The van der Waals surface area contributed by atoms with Crippen molar-refractivity contribution in [3.05, 3.63) is 6.07 Å². The molecule has 6 N–H and O–H groups in total. The molecule has 0 aliphatic heterocycles. The smallest absolute Gasteiger partial charge is 0.311 e. The van der Waals surface area contributed by atoms with E-state index in [0.29, 0.717) is 12.8 Å². The van der Waals surface area contributed by atoms with E-state index in [1.54, 1.807) is 0 Å². The highest BCUT2D eigenvalue weighted by Crippen LogP contribution is 2.25. The van der Waals surface area contributed by atoms with Gasteiger partial charge in [-0.25, -0.2) is 4.98 Å². The Hall–Kier alpha value is -1.98. The molecule has 0 aliphatic carbocycles. The lowest BCUT2D eigenvalue weighted by Crippen LogP contribution is -2.10. The Balaban J connectivity index is 2.86. The molecule has 6 nitrogen and oxygen atoms in total. The predicted octanol–water partition coefficient (Wildman–Crippen LogP) is 0.534. The fourth-order valence-electron chi connectivity index (χ4n) is 0.998. The lowest BCUT2D eigenvalue weighted by atomic mass is 10.3. The van der Waals surface area contributed by atoms with Gasteiger partial charge in [0, 0.05) is 12.5 Å². The Kier molecular flexibility index (Phi) is 3.33. The van der Waals surface area contributed by atoms with E-state index in [4.69, 9.17) is 21.9 Å². The summed E-state index contributed by atoms with van der Waals surface area (Å²) >= 11 is 0. The van der Waals surface area contributed by atoms with Crippen molar-refractivity contribution in [3.8, 4) is 5.75 Å². The van der Waals surface area contributed by atoms with Gasteiger partial charge < -0.3 is 21.9 Å². The highest BCUT2D eigenvalue weighted by atomic mass is 16.5. The Bertz CT molecular complexity index is 379. The van der Waals surface area contributed by atoms with Crippen molar-refractivity contribution in [2.75, 3.05) is 17.2 Å². The van der Waals surface area contributed by atoms with Crippen molar-refractivity contribution in [3.63, 3.8) is 0 Å². The number of esters is 1. The van der Waals surface area contributed by atoms with E-state index in [1.165, 1.54) is 6.07 Å². The van der Waals surface area contributed by atoms with Crippen LogP contribution in [0.3, 0.4) is 0 Å². The van der Waals surface area contributed by atoms with Crippen LogP contribution in [0.4, 0.5) is 17.3 Å². The minimum atomic E-state index is -0.366. The van der Waals surface area contributed by atoms with Crippen LogP contribution in [0.5, 0.6) is 5.75 Å². The molecule has 0 aromatic carbocycles. The average Bonchev–Trinajstić information content (AvgIpc) is 2.14. The first kappa shape index (κ1) is 11.1. The van der Waals surface area contributed by atoms with Gasteiger partial charge in [0.1, 0.15) is 5.82 Å². The highest BCUT2D eigenvalue weighted by molar-refractivity contribution is 5.76. The molecule has 6 heteroatoms. The lowest BCUT2D eigenvalue weighted by Gasteiger charge is -2.08. The van der Waals surface area contributed by atoms with Crippen LogP contribution in [-0.2, 0) is 4.79 Å². The Labute approximate surface area is 87.4 Å². The zero-order valence-corrected chi connectivity index (χ0v) is 8.49. The summed E-state index contributed by atoms with van der Waals surface area (Å²) in [6, 6.07) is 1.39. The Morgan fingerprint density at radius 3 is 2.67 bits per heavy atom. The molecule has 0 fully saturated rings. The summed E-state index contributed by atoms with van der Waals surface area (Å²) < 4.78 is 4.96. The van der Waals surface area contributed by atoms with E-state index >= 15 is 0 Å². The van der Waals surface area contributed by atoms with Crippen LogP contribution >= 0.6 is 0 Å². The summed E-state index contributed by atoms with van der Waals surface area (Å²) in [5.74, 6) is -0.0238. The van der Waals surface area contributed by atoms with Crippen molar-refractivity contribution in [2.24, 2.45) is 0 Å². The number of nitrogens with two attached hydrogens (primary N) is 3. The number of nitrogen functional groups attached to an aromatic ring is 3. The molecule has 1 heterocycles. The first-order chi connectivity index (χ1) is 7.04. The SMILES string of the molecule is CCCC(=O)Oc1cc(N)c(N)nc1N. The van der Waals surface area contributed by atoms with Gasteiger partial charge in [0.25, 0.3) is 0 Å². The number of ether oxygens (including phenoxy) is 1. The van der Waals surface area contributed by atoms with Crippen molar-refractivity contribution in [1.29, 1.82) is 0 Å². The van der Waals surface area contributed by atoms with Gasteiger partial charge in [0.15, 0.2) is 11.6 Å². The van der Waals surface area contributed by atoms with Crippen LogP contribution in [-0.4, -0.2) is 11.0 Å². The second-order valence-corrected chi connectivity index (χ2v) is 3.07. The molecule has 0 atom stereocenters. The molecule has 0 aliphatic rings. The van der Waals surface area contributed by atoms with Crippen molar-refractivity contribution in [2.45, 2.75) is 19.8 Å². The third-order valence-electron chi connectivity index (χ3n) is 1.75. The van der Waals surface area contributed by atoms with Gasteiger partial charge in [-0.05, 0) is 6.42 Å². The molecule has 0 radical (unpaired) electrons. The summed E-state index contributed by atoms with van der Waals surface area (Å²) in [5, 5.41) is 0. The third-order valence-corrected chi connectivity index (χ3v) is 1.75. The molecule has 0 bridgehead atoms. The van der Waals surface area contributed by atoms with Crippen molar-refractivity contribution < 1.29 is 9.53 Å². The summed E-state index contributed by atoms with van der Waals surface area (Å²) in [6.45, 7) is 1.88. The van der Waals surface area contributed by atoms with Crippen LogP contribution in [0.1, 0.15) is 19.8 Å². The van der Waals surface area contributed by atoms with Gasteiger partial charge >= 0.3 is 5.97 Å². The number of pyridine rings is 1. The topological polar surface area (TPSA) is 117 Å². The van der Waals surface area contributed by atoms with Gasteiger partial charge in [-0.3, -0.25) is 4.79 Å². The molecule has 1 rings (SSSR count). The number of aromatic nitrogens is 1. The van der Waals surface area contributed by atoms with Crippen molar-refractivity contribution >= 4 is 23.3 Å². The monoisotopic (exact) mass is 210 g/mol. The van der Waals surface area contributed by atoms with E-state index in [2.05, 4.69) is 4.98 Å². The molecular formula is C9H14N4O2. The average molecular weight is 210 g/mol. The van der Waals surface area contributed by atoms with Crippen molar-refractivity contribution in [1.82, 2.24) is 4.98 Å². The van der Waals surface area contributed by atoms with E-state index < -0.39 is 0 Å².